The maximum atomic E-state index is 6.26. The Morgan fingerprint density at radius 2 is 1.17 bits per heavy atom. The first kappa shape index (κ1) is 22.9. The molecule has 0 aromatic heterocycles. The van der Waals surface area contributed by atoms with Crippen LogP contribution >= 0.6 is 0 Å². The van der Waals surface area contributed by atoms with Crippen LogP contribution < -0.4 is 0 Å². The van der Waals surface area contributed by atoms with Crippen molar-refractivity contribution in [1.82, 2.24) is 0 Å². The molecule has 0 unspecified atom stereocenters. The molecule has 3 heteroatoms. The smallest absolute Gasteiger partial charge is 0.364 e. The molecular weight excluding hydrogens is 300 g/mol. The maximum absolute atomic E-state index is 6.26. The third kappa shape index (κ3) is 12.9. The molecule has 2 nitrogen and oxygen atoms in total. The largest absolute Gasteiger partial charge is 0.391 e. The number of unbranched alkanes of at least 4 members (excludes halogenated alkanes) is 8. The summed E-state index contributed by atoms with van der Waals surface area (Å²) < 4.78 is 12.5. The molecule has 0 fully saturated rings. The minimum atomic E-state index is -2.11. The van der Waals surface area contributed by atoms with Crippen LogP contribution in [0.3, 0.4) is 0 Å². The molecule has 138 valence electrons. The molecule has 0 aromatic rings. The first-order valence-electron chi connectivity index (χ1n) is 10.2. The van der Waals surface area contributed by atoms with Gasteiger partial charge in [0.05, 0.1) is 0 Å². The minimum Gasteiger partial charge on any atom is -0.391 e. The molecule has 0 aliphatic carbocycles. The molecule has 23 heavy (non-hydrogen) atoms. The lowest BCUT2D eigenvalue weighted by molar-refractivity contribution is 0.174. The number of allylic oxidation sites excluding steroid dienone is 1. The van der Waals surface area contributed by atoms with Gasteiger partial charge >= 0.3 is 8.56 Å². The van der Waals surface area contributed by atoms with Gasteiger partial charge in [-0.2, -0.15) is 0 Å². The van der Waals surface area contributed by atoms with E-state index in [9.17, 15) is 0 Å². The summed E-state index contributed by atoms with van der Waals surface area (Å²) in [4.78, 5) is 0. The van der Waals surface area contributed by atoms with Crippen LogP contribution in [0, 0.1) is 0 Å². The van der Waals surface area contributed by atoms with Gasteiger partial charge in [-0.05, 0) is 37.4 Å². The van der Waals surface area contributed by atoms with E-state index in [1.165, 1.54) is 57.8 Å². The Morgan fingerprint density at radius 3 is 1.70 bits per heavy atom. The van der Waals surface area contributed by atoms with Gasteiger partial charge < -0.3 is 8.85 Å². The Balaban J connectivity index is 4.21. The lowest BCUT2D eigenvalue weighted by Crippen LogP contribution is -2.40. The van der Waals surface area contributed by atoms with Crippen molar-refractivity contribution in [3.05, 3.63) is 11.8 Å². The van der Waals surface area contributed by atoms with E-state index in [1.807, 2.05) is 0 Å². The summed E-state index contributed by atoms with van der Waals surface area (Å²) in [6.07, 6.45) is 16.3. The van der Waals surface area contributed by atoms with Gasteiger partial charge in [-0.15, -0.1) is 0 Å². The van der Waals surface area contributed by atoms with Gasteiger partial charge in [0.2, 0.25) is 0 Å². The molecule has 0 spiro atoms. The van der Waals surface area contributed by atoms with Crippen molar-refractivity contribution in [3.63, 3.8) is 0 Å². The van der Waals surface area contributed by atoms with Crippen LogP contribution in [0.2, 0.25) is 6.04 Å². The van der Waals surface area contributed by atoms with Gasteiger partial charge in [-0.1, -0.05) is 78.7 Å². The third-order valence-electron chi connectivity index (χ3n) is 4.28. The highest BCUT2D eigenvalue weighted by Crippen LogP contribution is 2.18. The number of rotatable bonds is 17. The van der Waals surface area contributed by atoms with E-state index < -0.39 is 8.56 Å². The maximum Gasteiger partial charge on any atom is 0.364 e. The Labute approximate surface area is 147 Å². The Kier molecular flexibility index (Phi) is 16.6. The highest BCUT2D eigenvalue weighted by molar-refractivity contribution is 6.72. The van der Waals surface area contributed by atoms with E-state index in [1.54, 1.807) is 0 Å². The van der Waals surface area contributed by atoms with Crippen molar-refractivity contribution < 1.29 is 8.85 Å². The molecule has 0 atom stereocenters. The molecule has 0 rings (SSSR count). The summed E-state index contributed by atoms with van der Waals surface area (Å²) >= 11 is 0. The summed E-state index contributed by atoms with van der Waals surface area (Å²) in [5, 5.41) is 0. The Bertz CT molecular complexity index is 256. The molecule has 0 heterocycles. The molecule has 0 N–H and O–H groups in total. The highest BCUT2D eigenvalue weighted by atomic mass is 28.4. The summed E-state index contributed by atoms with van der Waals surface area (Å²) in [6.45, 7) is 10.6. The topological polar surface area (TPSA) is 18.5 Å². The fourth-order valence-electron chi connectivity index (χ4n) is 2.54. The standard InChI is InChI=1S/C20H42O2Si/c1-5-9-12-13-14-15-16-17-20-23(8-4,21-18-10-6-2)22-19-11-7-3/h17,20H,5-16,18-19H2,1-4H3. The van der Waals surface area contributed by atoms with Crippen LogP contribution in [0.1, 0.15) is 98.3 Å². The number of hydrogen-bond acceptors (Lipinski definition) is 2. The second kappa shape index (κ2) is 16.7. The Morgan fingerprint density at radius 1 is 0.652 bits per heavy atom. The predicted octanol–water partition coefficient (Wildman–Crippen LogP) is 6.93. The van der Waals surface area contributed by atoms with Crippen molar-refractivity contribution in [3.8, 4) is 0 Å². The van der Waals surface area contributed by atoms with Gasteiger partial charge in [0.1, 0.15) is 0 Å². The van der Waals surface area contributed by atoms with Crippen LogP contribution in [0.5, 0.6) is 0 Å². The summed E-state index contributed by atoms with van der Waals surface area (Å²) in [6, 6.07) is 1.02. The lowest BCUT2D eigenvalue weighted by Gasteiger charge is -2.27. The monoisotopic (exact) mass is 342 g/mol. The lowest BCUT2D eigenvalue weighted by atomic mass is 10.1. The van der Waals surface area contributed by atoms with Crippen molar-refractivity contribution in [2.45, 2.75) is 104 Å². The van der Waals surface area contributed by atoms with Gasteiger partial charge in [0.25, 0.3) is 0 Å². The average Bonchev–Trinajstić information content (AvgIpc) is 2.57. The normalized spacial score (nSPS) is 12.3. The zero-order valence-corrected chi connectivity index (χ0v) is 17.4. The molecule has 0 amide bonds. The van der Waals surface area contributed by atoms with Gasteiger partial charge in [0.15, 0.2) is 0 Å². The summed E-state index contributed by atoms with van der Waals surface area (Å²) in [5.41, 5.74) is 2.32. The highest BCUT2D eigenvalue weighted by Gasteiger charge is 2.32. The van der Waals surface area contributed by atoms with Crippen molar-refractivity contribution in [2.24, 2.45) is 0 Å². The summed E-state index contributed by atoms with van der Waals surface area (Å²) in [5.74, 6) is 0. The van der Waals surface area contributed by atoms with Crippen molar-refractivity contribution >= 4 is 8.56 Å². The molecule has 0 aliphatic rings. The van der Waals surface area contributed by atoms with Gasteiger partial charge in [-0.25, -0.2) is 0 Å². The zero-order chi connectivity index (χ0) is 17.2. The van der Waals surface area contributed by atoms with E-state index >= 15 is 0 Å². The van der Waals surface area contributed by atoms with E-state index in [2.05, 4.69) is 39.5 Å². The van der Waals surface area contributed by atoms with Crippen molar-refractivity contribution in [1.29, 1.82) is 0 Å². The molecule has 0 aromatic carbocycles. The predicted molar refractivity (Wildman–Crippen MR) is 105 cm³/mol. The Hall–Kier alpha value is -0.123. The van der Waals surface area contributed by atoms with Crippen LogP contribution in [0.15, 0.2) is 11.8 Å². The molecule has 0 bridgehead atoms. The molecule has 0 saturated carbocycles. The molecule has 0 radical (unpaired) electrons. The van der Waals surface area contributed by atoms with Gasteiger partial charge in [0, 0.05) is 13.2 Å². The minimum absolute atomic E-state index is 0.851. The van der Waals surface area contributed by atoms with Crippen LogP contribution in [-0.4, -0.2) is 21.8 Å². The molecular formula is C20H42O2Si. The molecule has 0 aliphatic heterocycles. The van der Waals surface area contributed by atoms with E-state index in [0.717, 1.165) is 32.1 Å². The van der Waals surface area contributed by atoms with Crippen LogP contribution in [-0.2, 0) is 8.85 Å². The average molecular weight is 343 g/mol. The first-order valence-corrected chi connectivity index (χ1v) is 12.3. The van der Waals surface area contributed by atoms with E-state index in [-0.39, 0.29) is 0 Å². The van der Waals surface area contributed by atoms with E-state index in [0.29, 0.717) is 0 Å². The fourth-order valence-corrected chi connectivity index (χ4v) is 4.97. The SMILES string of the molecule is CCCCCCCCC=C[Si](CC)(OCCCC)OCCCC. The third-order valence-corrected chi connectivity index (χ3v) is 7.39. The quantitative estimate of drug-likeness (QED) is 0.211. The molecule has 0 saturated heterocycles. The van der Waals surface area contributed by atoms with E-state index in [4.69, 9.17) is 8.85 Å². The van der Waals surface area contributed by atoms with Crippen LogP contribution in [0.4, 0.5) is 0 Å². The fraction of sp³-hybridized carbons (Fsp3) is 0.900. The van der Waals surface area contributed by atoms with Crippen LogP contribution in [0.25, 0.3) is 0 Å². The summed E-state index contributed by atoms with van der Waals surface area (Å²) in [7, 11) is -2.11. The van der Waals surface area contributed by atoms with Gasteiger partial charge in [-0.3, -0.25) is 0 Å². The zero-order valence-electron chi connectivity index (χ0n) is 16.4. The number of hydrogen-bond donors (Lipinski definition) is 0. The second-order valence-electron chi connectivity index (χ2n) is 6.53. The second-order valence-corrected chi connectivity index (χ2v) is 9.77. The van der Waals surface area contributed by atoms with Crippen molar-refractivity contribution in [2.75, 3.05) is 13.2 Å². The first-order chi connectivity index (χ1) is 11.2.